The molecular weight excluding hydrogens is 356 g/mol. The Morgan fingerprint density at radius 3 is 2.41 bits per heavy atom. The summed E-state index contributed by atoms with van der Waals surface area (Å²) in [5.74, 6) is 0.0192. The zero-order chi connectivity index (χ0) is 19.1. The van der Waals surface area contributed by atoms with Crippen molar-refractivity contribution in [1.29, 1.82) is 0 Å². The summed E-state index contributed by atoms with van der Waals surface area (Å²) in [6, 6.07) is 13.7. The first-order valence-electron chi connectivity index (χ1n) is 8.23. The maximum absolute atomic E-state index is 12.1. The number of nitrogens with one attached hydrogen (secondary N) is 1. The van der Waals surface area contributed by atoms with Crippen LogP contribution in [-0.2, 0) is 17.6 Å². The van der Waals surface area contributed by atoms with Gasteiger partial charge in [0.25, 0.3) is 0 Å². The minimum absolute atomic E-state index is 0.0946. The van der Waals surface area contributed by atoms with Crippen LogP contribution in [0, 0.1) is 0 Å². The van der Waals surface area contributed by atoms with Crippen molar-refractivity contribution in [2.75, 3.05) is 6.54 Å². The summed E-state index contributed by atoms with van der Waals surface area (Å²) in [6.45, 7) is -2.38. The Bertz CT molecular complexity index is 852. The summed E-state index contributed by atoms with van der Waals surface area (Å²) in [4.78, 5) is 12.0. The summed E-state index contributed by atoms with van der Waals surface area (Å²) in [5, 5.41) is 13.8. The molecule has 7 nitrogen and oxygen atoms in total. The first-order valence-corrected chi connectivity index (χ1v) is 8.23. The van der Waals surface area contributed by atoms with Crippen molar-refractivity contribution in [2.45, 2.75) is 19.5 Å². The van der Waals surface area contributed by atoms with Crippen LogP contribution in [0.25, 0.3) is 5.69 Å². The molecule has 0 aliphatic heterocycles. The van der Waals surface area contributed by atoms with Crippen LogP contribution in [0.4, 0.5) is 8.78 Å². The molecule has 140 valence electrons. The third-order valence-corrected chi connectivity index (χ3v) is 3.80. The number of alkyl halides is 2. The Balaban J connectivity index is 1.43. The zero-order valence-electron chi connectivity index (χ0n) is 14.3. The Labute approximate surface area is 154 Å². The molecule has 0 bridgehead atoms. The fourth-order valence-corrected chi connectivity index (χ4v) is 2.48. The van der Waals surface area contributed by atoms with Gasteiger partial charge in [0.1, 0.15) is 12.1 Å². The number of tetrazole rings is 1. The van der Waals surface area contributed by atoms with E-state index < -0.39 is 6.61 Å². The predicted octanol–water partition coefficient (Wildman–Crippen LogP) is 2.17. The number of ether oxygens (including phenoxy) is 1. The van der Waals surface area contributed by atoms with Gasteiger partial charge in [0.15, 0.2) is 0 Å². The molecule has 1 N–H and O–H groups in total. The van der Waals surface area contributed by atoms with E-state index in [2.05, 4.69) is 25.6 Å². The number of carbonyl (C=O) groups is 1. The number of benzene rings is 2. The van der Waals surface area contributed by atoms with Crippen molar-refractivity contribution >= 4 is 5.91 Å². The summed E-state index contributed by atoms with van der Waals surface area (Å²) in [7, 11) is 0. The van der Waals surface area contributed by atoms with E-state index in [-0.39, 0.29) is 18.1 Å². The monoisotopic (exact) mass is 373 g/mol. The summed E-state index contributed by atoms with van der Waals surface area (Å²) >= 11 is 0. The lowest BCUT2D eigenvalue weighted by molar-refractivity contribution is -0.120. The SMILES string of the molecule is O=C(Cc1ccc(-n2cnnn2)cc1)NCCc1ccc(OC(F)F)cc1. The minimum atomic E-state index is -2.84. The number of hydrogen-bond donors (Lipinski definition) is 1. The molecule has 3 rings (SSSR count). The van der Waals surface area contributed by atoms with E-state index in [1.54, 1.807) is 12.1 Å². The second kappa shape index (κ2) is 8.84. The molecule has 27 heavy (non-hydrogen) atoms. The third-order valence-electron chi connectivity index (χ3n) is 3.80. The number of nitrogens with zero attached hydrogens (tertiary/aromatic N) is 4. The second-order valence-corrected chi connectivity index (χ2v) is 5.72. The van der Waals surface area contributed by atoms with Crippen LogP contribution < -0.4 is 10.1 Å². The Morgan fingerprint density at radius 1 is 1.07 bits per heavy atom. The van der Waals surface area contributed by atoms with Gasteiger partial charge in [-0.25, -0.2) is 4.68 Å². The van der Waals surface area contributed by atoms with Crippen molar-refractivity contribution in [1.82, 2.24) is 25.5 Å². The van der Waals surface area contributed by atoms with Gasteiger partial charge >= 0.3 is 6.61 Å². The highest BCUT2D eigenvalue weighted by molar-refractivity contribution is 5.78. The Morgan fingerprint density at radius 2 is 1.78 bits per heavy atom. The molecule has 0 atom stereocenters. The number of amides is 1. The van der Waals surface area contributed by atoms with Gasteiger partial charge in [0.2, 0.25) is 5.91 Å². The van der Waals surface area contributed by atoms with Crippen molar-refractivity contribution in [2.24, 2.45) is 0 Å². The average molecular weight is 373 g/mol. The molecule has 0 unspecified atom stereocenters. The Hall–Kier alpha value is -3.36. The number of carbonyl (C=O) groups excluding carboxylic acids is 1. The molecule has 0 aliphatic carbocycles. The standard InChI is InChI=1S/C18H17F2N5O2/c19-18(20)27-16-7-3-13(4-8-16)9-10-21-17(26)11-14-1-5-15(6-2-14)25-12-22-23-24-25/h1-8,12,18H,9-11H2,(H,21,26). The fourth-order valence-electron chi connectivity index (χ4n) is 2.48. The number of halogens is 2. The molecular formula is C18H17F2N5O2. The van der Waals surface area contributed by atoms with E-state index in [9.17, 15) is 13.6 Å². The van der Waals surface area contributed by atoms with Crippen LogP contribution in [-0.4, -0.2) is 39.3 Å². The van der Waals surface area contributed by atoms with Gasteiger partial charge in [-0.1, -0.05) is 24.3 Å². The number of hydrogen-bond acceptors (Lipinski definition) is 5. The lowest BCUT2D eigenvalue weighted by Gasteiger charge is -2.08. The lowest BCUT2D eigenvalue weighted by Crippen LogP contribution is -2.27. The number of aromatic nitrogens is 4. The van der Waals surface area contributed by atoms with E-state index in [0.717, 1.165) is 16.8 Å². The Kier molecular flexibility index (Phi) is 6.03. The zero-order valence-corrected chi connectivity index (χ0v) is 14.3. The van der Waals surface area contributed by atoms with Crippen LogP contribution in [0.3, 0.4) is 0 Å². The van der Waals surface area contributed by atoms with Crippen molar-refractivity contribution < 1.29 is 18.3 Å². The summed E-state index contributed by atoms with van der Waals surface area (Å²) < 4.78 is 30.0. The van der Waals surface area contributed by atoms with E-state index >= 15 is 0 Å². The van der Waals surface area contributed by atoms with E-state index in [1.165, 1.54) is 23.1 Å². The van der Waals surface area contributed by atoms with Gasteiger partial charge in [-0.05, 0) is 52.2 Å². The molecule has 0 aliphatic rings. The topological polar surface area (TPSA) is 81.9 Å². The van der Waals surface area contributed by atoms with Crippen molar-refractivity contribution in [3.8, 4) is 11.4 Å². The molecule has 0 spiro atoms. The summed E-state index contributed by atoms with van der Waals surface area (Å²) in [5.41, 5.74) is 2.60. The van der Waals surface area contributed by atoms with Crippen LogP contribution >= 0.6 is 0 Å². The fraction of sp³-hybridized carbons (Fsp3) is 0.222. The molecule has 0 radical (unpaired) electrons. The molecule has 0 fully saturated rings. The molecule has 0 saturated heterocycles. The predicted molar refractivity (Wildman–Crippen MR) is 92.6 cm³/mol. The largest absolute Gasteiger partial charge is 0.435 e. The van der Waals surface area contributed by atoms with Crippen molar-refractivity contribution in [3.63, 3.8) is 0 Å². The van der Waals surface area contributed by atoms with Gasteiger partial charge in [-0.3, -0.25) is 4.79 Å². The second-order valence-electron chi connectivity index (χ2n) is 5.72. The van der Waals surface area contributed by atoms with E-state index in [1.807, 2.05) is 24.3 Å². The van der Waals surface area contributed by atoms with Crippen LogP contribution in [0.15, 0.2) is 54.9 Å². The van der Waals surface area contributed by atoms with E-state index in [4.69, 9.17) is 0 Å². The van der Waals surface area contributed by atoms with Crippen molar-refractivity contribution in [3.05, 3.63) is 66.0 Å². The van der Waals surface area contributed by atoms with Gasteiger partial charge < -0.3 is 10.1 Å². The van der Waals surface area contributed by atoms with Gasteiger partial charge in [-0.15, -0.1) is 5.10 Å². The smallest absolute Gasteiger partial charge is 0.387 e. The quantitative estimate of drug-likeness (QED) is 0.654. The molecule has 1 heterocycles. The molecule has 1 amide bonds. The molecule has 1 aromatic heterocycles. The van der Waals surface area contributed by atoms with Gasteiger partial charge in [0.05, 0.1) is 12.1 Å². The lowest BCUT2D eigenvalue weighted by atomic mass is 10.1. The average Bonchev–Trinajstić information content (AvgIpc) is 3.18. The highest BCUT2D eigenvalue weighted by atomic mass is 19.3. The molecule has 3 aromatic rings. The summed E-state index contributed by atoms with van der Waals surface area (Å²) in [6.07, 6.45) is 2.35. The van der Waals surface area contributed by atoms with Gasteiger partial charge in [0, 0.05) is 6.54 Å². The number of rotatable bonds is 8. The van der Waals surface area contributed by atoms with Crippen LogP contribution in [0.1, 0.15) is 11.1 Å². The highest BCUT2D eigenvalue weighted by Gasteiger charge is 2.06. The first-order chi connectivity index (χ1) is 13.1. The normalized spacial score (nSPS) is 10.8. The highest BCUT2D eigenvalue weighted by Crippen LogP contribution is 2.15. The van der Waals surface area contributed by atoms with E-state index in [0.29, 0.717) is 13.0 Å². The maximum atomic E-state index is 12.1. The molecule has 2 aromatic carbocycles. The van der Waals surface area contributed by atoms with Crippen LogP contribution in [0.2, 0.25) is 0 Å². The van der Waals surface area contributed by atoms with Crippen LogP contribution in [0.5, 0.6) is 5.75 Å². The molecule has 9 heteroatoms. The maximum Gasteiger partial charge on any atom is 0.387 e. The third kappa shape index (κ3) is 5.56. The minimum Gasteiger partial charge on any atom is -0.435 e. The molecule has 0 saturated carbocycles. The first kappa shape index (κ1) is 18.4. The van der Waals surface area contributed by atoms with Gasteiger partial charge in [-0.2, -0.15) is 8.78 Å².